The van der Waals surface area contributed by atoms with Crippen LogP contribution in [0.15, 0.2) is 30.6 Å². The number of benzene rings is 1. The molecule has 0 aliphatic heterocycles. The van der Waals surface area contributed by atoms with Gasteiger partial charge in [0.25, 0.3) is 0 Å². The third-order valence-electron chi connectivity index (χ3n) is 2.88. The van der Waals surface area contributed by atoms with Gasteiger partial charge in [-0.1, -0.05) is 11.3 Å². The molecule has 0 saturated carbocycles. The van der Waals surface area contributed by atoms with Gasteiger partial charge >= 0.3 is 0 Å². The Labute approximate surface area is 115 Å². The van der Waals surface area contributed by atoms with E-state index in [1.54, 1.807) is 17.1 Å². The van der Waals surface area contributed by atoms with Crippen LogP contribution in [-0.4, -0.2) is 33.2 Å². The van der Waals surface area contributed by atoms with E-state index in [1.165, 1.54) is 6.07 Å². The van der Waals surface area contributed by atoms with Crippen molar-refractivity contribution in [3.63, 3.8) is 0 Å². The molecule has 0 saturated heterocycles. The van der Waals surface area contributed by atoms with Crippen molar-refractivity contribution >= 4 is 0 Å². The number of halogens is 2. The number of hydrogen-bond donors (Lipinski definition) is 2. The third-order valence-corrected chi connectivity index (χ3v) is 2.88. The minimum Gasteiger partial charge on any atom is -0.387 e. The lowest BCUT2D eigenvalue weighted by molar-refractivity contribution is 0.174. The Balaban J connectivity index is 1.69. The van der Waals surface area contributed by atoms with Crippen LogP contribution in [-0.2, 0) is 6.54 Å². The Hall–Kier alpha value is -1.86. The molecule has 7 heteroatoms. The Morgan fingerprint density at radius 2 is 2.15 bits per heavy atom. The quantitative estimate of drug-likeness (QED) is 0.751. The number of nitrogens with zero attached hydrogens (tertiary/aromatic N) is 3. The molecular weight excluding hydrogens is 266 g/mol. The zero-order valence-electron chi connectivity index (χ0n) is 10.8. The average molecular weight is 282 g/mol. The van der Waals surface area contributed by atoms with Gasteiger partial charge in [-0.3, -0.25) is 4.68 Å². The summed E-state index contributed by atoms with van der Waals surface area (Å²) >= 11 is 0. The van der Waals surface area contributed by atoms with E-state index < -0.39 is 17.7 Å². The molecule has 1 heterocycles. The summed E-state index contributed by atoms with van der Waals surface area (Å²) in [5, 5.41) is 20.4. The Kier molecular flexibility index (Phi) is 5.14. The Morgan fingerprint density at radius 1 is 1.30 bits per heavy atom. The van der Waals surface area contributed by atoms with E-state index >= 15 is 0 Å². The van der Waals surface area contributed by atoms with Crippen LogP contribution in [0.1, 0.15) is 18.1 Å². The standard InChI is InChI=1S/C13H16F2N4O/c14-11-3-2-10(8-12(11)15)13(20)9-16-4-1-6-19-7-5-17-18-19/h2-3,5,7-8,13,16,20H,1,4,6,9H2. The predicted octanol–water partition coefficient (Wildman–Crippen LogP) is 1.27. The molecule has 20 heavy (non-hydrogen) atoms. The molecule has 1 aromatic heterocycles. The molecular formula is C13H16F2N4O. The molecule has 0 fully saturated rings. The first-order valence-electron chi connectivity index (χ1n) is 6.34. The van der Waals surface area contributed by atoms with Crippen molar-refractivity contribution in [2.24, 2.45) is 0 Å². The lowest BCUT2D eigenvalue weighted by atomic mass is 10.1. The van der Waals surface area contributed by atoms with Crippen LogP contribution in [0.2, 0.25) is 0 Å². The molecule has 0 bridgehead atoms. The molecule has 0 spiro atoms. The van der Waals surface area contributed by atoms with Crippen molar-refractivity contribution in [1.29, 1.82) is 0 Å². The summed E-state index contributed by atoms with van der Waals surface area (Å²) in [5.74, 6) is -1.87. The van der Waals surface area contributed by atoms with Gasteiger partial charge in [-0.05, 0) is 30.7 Å². The molecule has 0 aliphatic rings. The van der Waals surface area contributed by atoms with Crippen molar-refractivity contribution < 1.29 is 13.9 Å². The number of aryl methyl sites for hydroxylation is 1. The second-order valence-electron chi connectivity index (χ2n) is 4.41. The highest BCUT2D eigenvalue weighted by Gasteiger charge is 2.10. The second kappa shape index (κ2) is 7.06. The number of aliphatic hydroxyl groups excluding tert-OH is 1. The Morgan fingerprint density at radius 3 is 2.85 bits per heavy atom. The molecule has 2 aromatic rings. The number of hydrogen-bond acceptors (Lipinski definition) is 4. The summed E-state index contributed by atoms with van der Waals surface area (Å²) in [5.41, 5.74) is 0.354. The highest BCUT2D eigenvalue weighted by molar-refractivity contribution is 5.20. The van der Waals surface area contributed by atoms with Crippen LogP contribution in [0, 0.1) is 11.6 Å². The molecule has 0 aliphatic carbocycles. The number of nitrogens with one attached hydrogen (secondary N) is 1. The summed E-state index contributed by atoms with van der Waals surface area (Å²) in [4.78, 5) is 0. The monoisotopic (exact) mass is 282 g/mol. The first-order chi connectivity index (χ1) is 9.66. The predicted molar refractivity (Wildman–Crippen MR) is 68.8 cm³/mol. The number of rotatable bonds is 7. The fourth-order valence-electron chi connectivity index (χ4n) is 1.79. The largest absolute Gasteiger partial charge is 0.387 e. The van der Waals surface area contributed by atoms with E-state index in [9.17, 15) is 13.9 Å². The summed E-state index contributed by atoms with van der Waals surface area (Å²) < 4.78 is 27.5. The van der Waals surface area contributed by atoms with Gasteiger partial charge in [0.1, 0.15) is 0 Å². The minimum absolute atomic E-state index is 0.280. The topological polar surface area (TPSA) is 63.0 Å². The summed E-state index contributed by atoms with van der Waals surface area (Å²) in [6.07, 6.45) is 3.35. The molecule has 1 aromatic carbocycles. The van der Waals surface area contributed by atoms with E-state index in [0.717, 1.165) is 25.1 Å². The summed E-state index contributed by atoms with van der Waals surface area (Å²) in [7, 11) is 0. The van der Waals surface area contributed by atoms with Crippen LogP contribution in [0.25, 0.3) is 0 Å². The van der Waals surface area contributed by atoms with Crippen molar-refractivity contribution in [2.75, 3.05) is 13.1 Å². The maximum Gasteiger partial charge on any atom is 0.159 e. The molecule has 0 radical (unpaired) electrons. The van der Waals surface area contributed by atoms with Gasteiger partial charge < -0.3 is 10.4 Å². The maximum atomic E-state index is 13.0. The molecule has 2 rings (SSSR count). The van der Waals surface area contributed by atoms with Crippen LogP contribution in [0.5, 0.6) is 0 Å². The number of aliphatic hydroxyl groups is 1. The molecule has 5 nitrogen and oxygen atoms in total. The van der Waals surface area contributed by atoms with E-state index in [2.05, 4.69) is 15.6 Å². The molecule has 1 atom stereocenters. The van der Waals surface area contributed by atoms with Crippen LogP contribution < -0.4 is 5.32 Å². The van der Waals surface area contributed by atoms with Crippen LogP contribution in [0.4, 0.5) is 8.78 Å². The zero-order chi connectivity index (χ0) is 14.4. The van der Waals surface area contributed by atoms with Gasteiger partial charge in [-0.15, -0.1) is 5.10 Å². The smallest absolute Gasteiger partial charge is 0.159 e. The van der Waals surface area contributed by atoms with Crippen molar-refractivity contribution in [2.45, 2.75) is 19.1 Å². The Bertz CT molecular complexity index is 533. The van der Waals surface area contributed by atoms with Gasteiger partial charge in [-0.25, -0.2) is 8.78 Å². The van der Waals surface area contributed by atoms with E-state index in [1.807, 2.05) is 0 Å². The van der Waals surface area contributed by atoms with Crippen LogP contribution in [0.3, 0.4) is 0 Å². The van der Waals surface area contributed by atoms with Crippen molar-refractivity contribution in [3.8, 4) is 0 Å². The highest BCUT2D eigenvalue weighted by Crippen LogP contribution is 2.15. The normalized spacial score (nSPS) is 12.6. The first kappa shape index (κ1) is 14.5. The van der Waals surface area contributed by atoms with Crippen LogP contribution >= 0.6 is 0 Å². The van der Waals surface area contributed by atoms with Gasteiger partial charge in [0.15, 0.2) is 11.6 Å². The fraction of sp³-hybridized carbons (Fsp3) is 0.385. The molecule has 0 amide bonds. The molecule has 2 N–H and O–H groups in total. The van der Waals surface area contributed by atoms with Gasteiger partial charge in [-0.2, -0.15) is 0 Å². The van der Waals surface area contributed by atoms with Gasteiger partial charge in [0.05, 0.1) is 12.3 Å². The lowest BCUT2D eigenvalue weighted by Gasteiger charge is -2.12. The second-order valence-corrected chi connectivity index (χ2v) is 4.41. The molecule has 1 unspecified atom stereocenters. The lowest BCUT2D eigenvalue weighted by Crippen LogP contribution is -2.23. The van der Waals surface area contributed by atoms with E-state index in [4.69, 9.17) is 0 Å². The van der Waals surface area contributed by atoms with Gasteiger partial charge in [0.2, 0.25) is 0 Å². The highest BCUT2D eigenvalue weighted by atomic mass is 19.2. The van der Waals surface area contributed by atoms with E-state index in [-0.39, 0.29) is 6.54 Å². The van der Waals surface area contributed by atoms with E-state index in [0.29, 0.717) is 12.1 Å². The first-order valence-corrected chi connectivity index (χ1v) is 6.34. The van der Waals surface area contributed by atoms with Crippen molar-refractivity contribution in [3.05, 3.63) is 47.8 Å². The zero-order valence-corrected chi connectivity index (χ0v) is 10.8. The van der Waals surface area contributed by atoms with Gasteiger partial charge in [0, 0.05) is 19.3 Å². The average Bonchev–Trinajstić information content (AvgIpc) is 2.94. The third kappa shape index (κ3) is 4.07. The minimum atomic E-state index is -0.951. The summed E-state index contributed by atoms with van der Waals surface area (Å²) in [6.45, 7) is 1.69. The summed E-state index contributed by atoms with van der Waals surface area (Å²) in [6, 6.07) is 3.40. The SMILES string of the molecule is OC(CNCCCn1ccnn1)c1ccc(F)c(F)c1. The molecule has 108 valence electrons. The van der Waals surface area contributed by atoms with Crippen molar-refractivity contribution in [1.82, 2.24) is 20.3 Å². The fourth-order valence-corrected chi connectivity index (χ4v) is 1.79. The maximum absolute atomic E-state index is 13.0. The number of aromatic nitrogens is 3.